The van der Waals surface area contributed by atoms with Crippen molar-refractivity contribution >= 4 is 52.2 Å². The van der Waals surface area contributed by atoms with Crippen molar-refractivity contribution in [1.82, 2.24) is 4.98 Å². The number of pyridine rings is 1. The molecule has 1 aromatic carbocycles. The van der Waals surface area contributed by atoms with E-state index in [0.717, 1.165) is 0 Å². The van der Waals surface area contributed by atoms with E-state index in [1.807, 2.05) is 0 Å². The second kappa shape index (κ2) is 6.06. The van der Waals surface area contributed by atoms with Crippen molar-refractivity contribution in [3.8, 4) is 11.6 Å². The number of nitrogens with one attached hydrogen (secondary N) is 1. The molecule has 0 aliphatic heterocycles. The summed E-state index contributed by atoms with van der Waals surface area (Å²) in [6.45, 7) is 0. The molecule has 0 radical (unpaired) electrons. The third kappa shape index (κ3) is 3.57. The molecule has 7 heteroatoms. The summed E-state index contributed by atoms with van der Waals surface area (Å²) in [6, 6.07) is 6.37. The quantitative estimate of drug-likeness (QED) is 0.799. The van der Waals surface area contributed by atoms with Gasteiger partial charge in [0, 0.05) is 17.1 Å². The maximum absolute atomic E-state index is 6.02. The molecule has 0 aliphatic rings. The summed E-state index contributed by atoms with van der Waals surface area (Å²) in [4.78, 5) is 4.16. The van der Waals surface area contributed by atoms with Gasteiger partial charge < -0.3 is 10.1 Å². The van der Waals surface area contributed by atoms with Gasteiger partial charge in [-0.2, -0.15) is 4.98 Å². The number of anilines is 1. The van der Waals surface area contributed by atoms with Gasteiger partial charge in [0.15, 0.2) is 0 Å². The molecular weight excluding hydrogens is 330 g/mol. The lowest BCUT2D eigenvalue weighted by molar-refractivity contribution is 0.464. The van der Waals surface area contributed by atoms with Gasteiger partial charge in [-0.1, -0.05) is 46.4 Å². The van der Waals surface area contributed by atoms with Gasteiger partial charge >= 0.3 is 0 Å². The second-order valence-electron chi connectivity index (χ2n) is 3.56. The van der Waals surface area contributed by atoms with Crippen LogP contribution in [-0.4, -0.2) is 12.0 Å². The fraction of sp³-hybridized carbons (Fsp3) is 0.0833. The molecule has 0 atom stereocenters. The predicted octanol–water partition coefficient (Wildman–Crippen LogP) is 5.53. The number of aromatic nitrogens is 1. The van der Waals surface area contributed by atoms with Crippen LogP contribution in [0.25, 0.3) is 0 Å². The molecular formula is C12H8Cl4N2O. The van der Waals surface area contributed by atoms with Crippen molar-refractivity contribution in [1.29, 1.82) is 0 Å². The van der Waals surface area contributed by atoms with Crippen LogP contribution >= 0.6 is 46.4 Å². The molecule has 1 aromatic heterocycles. The second-order valence-corrected chi connectivity index (χ2v) is 5.25. The van der Waals surface area contributed by atoms with Crippen LogP contribution in [0.2, 0.25) is 20.1 Å². The average molecular weight is 338 g/mol. The van der Waals surface area contributed by atoms with Gasteiger partial charge in [0.1, 0.15) is 16.6 Å². The summed E-state index contributed by atoms with van der Waals surface area (Å²) >= 11 is 23.7. The SMILES string of the molecule is CNc1nc(Oc2cc(Cl)cc(Cl)c2)c(Cl)cc1Cl. The molecule has 1 N–H and O–H groups in total. The molecule has 0 saturated carbocycles. The van der Waals surface area contributed by atoms with E-state index in [9.17, 15) is 0 Å². The van der Waals surface area contributed by atoms with Crippen LogP contribution in [0.1, 0.15) is 0 Å². The van der Waals surface area contributed by atoms with E-state index in [4.69, 9.17) is 51.1 Å². The number of benzene rings is 1. The minimum Gasteiger partial charge on any atom is -0.437 e. The van der Waals surface area contributed by atoms with Crippen LogP contribution < -0.4 is 10.1 Å². The molecule has 0 fully saturated rings. The maximum Gasteiger partial charge on any atom is 0.240 e. The van der Waals surface area contributed by atoms with Crippen LogP contribution in [0.5, 0.6) is 11.6 Å². The molecule has 1 heterocycles. The summed E-state index contributed by atoms with van der Waals surface area (Å²) in [5, 5.41) is 4.46. The molecule has 2 aromatic rings. The van der Waals surface area contributed by atoms with Gasteiger partial charge in [-0.15, -0.1) is 0 Å². The highest BCUT2D eigenvalue weighted by atomic mass is 35.5. The van der Waals surface area contributed by atoms with Crippen molar-refractivity contribution in [3.05, 3.63) is 44.4 Å². The lowest BCUT2D eigenvalue weighted by atomic mass is 10.3. The largest absolute Gasteiger partial charge is 0.437 e. The molecule has 0 unspecified atom stereocenters. The Kier molecular flexibility index (Phi) is 4.63. The minimum atomic E-state index is 0.216. The molecule has 3 nitrogen and oxygen atoms in total. The first kappa shape index (κ1) is 14.5. The van der Waals surface area contributed by atoms with Crippen molar-refractivity contribution in [2.75, 3.05) is 12.4 Å². The predicted molar refractivity (Wildman–Crippen MR) is 80.3 cm³/mol. The zero-order valence-electron chi connectivity index (χ0n) is 9.68. The average Bonchev–Trinajstić information content (AvgIpc) is 2.31. The van der Waals surface area contributed by atoms with Crippen molar-refractivity contribution < 1.29 is 4.74 Å². The van der Waals surface area contributed by atoms with E-state index in [2.05, 4.69) is 10.3 Å². The molecule has 100 valence electrons. The summed E-state index contributed by atoms with van der Waals surface area (Å²) in [7, 11) is 1.70. The number of rotatable bonds is 3. The number of hydrogen-bond acceptors (Lipinski definition) is 3. The van der Waals surface area contributed by atoms with E-state index in [-0.39, 0.29) is 5.88 Å². The van der Waals surface area contributed by atoms with Crippen molar-refractivity contribution in [3.63, 3.8) is 0 Å². The number of ether oxygens (including phenoxy) is 1. The molecule has 19 heavy (non-hydrogen) atoms. The van der Waals surface area contributed by atoms with Gasteiger partial charge in [0.2, 0.25) is 5.88 Å². The standard InChI is InChI=1S/C12H8Cl4N2O/c1-17-11-9(15)5-10(16)12(18-11)19-8-3-6(13)2-7(14)4-8/h2-5H,1H3,(H,17,18). The number of halogens is 4. The normalized spacial score (nSPS) is 10.4. The fourth-order valence-corrected chi connectivity index (χ4v) is 2.39. The Morgan fingerprint density at radius 2 is 1.58 bits per heavy atom. The van der Waals surface area contributed by atoms with E-state index in [1.165, 1.54) is 0 Å². The summed E-state index contributed by atoms with van der Waals surface area (Å²) in [5.74, 6) is 1.12. The Morgan fingerprint density at radius 1 is 0.947 bits per heavy atom. The highest BCUT2D eigenvalue weighted by Crippen LogP contribution is 2.34. The summed E-state index contributed by atoms with van der Waals surface area (Å²) in [5.41, 5.74) is 0. The zero-order chi connectivity index (χ0) is 14.0. The van der Waals surface area contributed by atoms with Crippen molar-refractivity contribution in [2.45, 2.75) is 0 Å². The maximum atomic E-state index is 6.02. The van der Waals surface area contributed by atoms with Gasteiger partial charge in [0.05, 0.1) is 5.02 Å². The van der Waals surface area contributed by atoms with Crippen LogP contribution in [0, 0.1) is 0 Å². The van der Waals surface area contributed by atoms with E-state index in [1.54, 1.807) is 31.3 Å². The van der Waals surface area contributed by atoms with E-state index >= 15 is 0 Å². The Morgan fingerprint density at radius 3 is 2.16 bits per heavy atom. The van der Waals surface area contributed by atoms with Crippen LogP contribution in [0.4, 0.5) is 5.82 Å². The monoisotopic (exact) mass is 336 g/mol. The molecule has 0 amide bonds. The molecule has 0 spiro atoms. The van der Waals surface area contributed by atoms with Gasteiger partial charge in [0.25, 0.3) is 0 Å². The van der Waals surface area contributed by atoms with Gasteiger partial charge in [-0.05, 0) is 24.3 Å². The van der Waals surface area contributed by atoms with Crippen LogP contribution in [-0.2, 0) is 0 Å². The number of hydrogen-bond donors (Lipinski definition) is 1. The Balaban J connectivity index is 2.37. The third-order valence-corrected chi connectivity index (χ3v) is 3.18. The minimum absolute atomic E-state index is 0.216. The van der Waals surface area contributed by atoms with Gasteiger partial charge in [-0.3, -0.25) is 0 Å². The lowest BCUT2D eigenvalue weighted by Gasteiger charge is -2.10. The van der Waals surface area contributed by atoms with E-state index in [0.29, 0.717) is 31.7 Å². The van der Waals surface area contributed by atoms with Gasteiger partial charge in [-0.25, -0.2) is 0 Å². The summed E-state index contributed by atoms with van der Waals surface area (Å²) < 4.78 is 5.56. The number of nitrogens with zero attached hydrogens (tertiary/aromatic N) is 1. The molecule has 0 aliphatic carbocycles. The van der Waals surface area contributed by atoms with E-state index < -0.39 is 0 Å². The first-order chi connectivity index (χ1) is 8.99. The zero-order valence-corrected chi connectivity index (χ0v) is 12.7. The Hall–Kier alpha value is -0.870. The lowest BCUT2D eigenvalue weighted by Crippen LogP contribution is -1.96. The summed E-state index contributed by atoms with van der Waals surface area (Å²) in [6.07, 6.45) is 0. The fourth-order valence-electron chi connectivity index (χ4n) is 1.40. The third-order valence-electron chi connectivity index (χ3n) is 2.18. The highest BCUT2D eigenvalue weighted by Gasteiger charge is 2.11. The van der Waals surface area contributed by atoms with Crippen LogP contribution in [0.15, 0.2) is 24.3 Å². The Labute approximate surface area is 130 Å². The van der Waals surface area contributed by atoms with Crippen molar-refractivity contribution in [2.24, 2.45) is 0 Å². The first-order valence-corrected chi connectivity index (χ1v) is 6.68. The molecule has 2 rings (SSSR count). The Bertz CT molecular complexity index is 599. The molecule has 0 bridgehead atoms. The molecule has 0 saturated heterocycles. The topological polar surface area (TPSA) is 34.2 Å². The smallest absolute Gasteiger partial charge is 0.240 e. The van der Waals surface area contributed by atoms with Crippen LogP contribution in [0.3, 0.4) is 0 Å². The highest BCUT2D eigenvalue weighted by molar-refractivity contribution is 6.36. The first-order valence-electron chi connectivity index (χ1n) is 5.17.